The number of thiophene rings is 1. The molecular weight excluding hydrogens is 342 g/mol. The van der Waals surface area contributed by atoms with Crippen LogP contribution in [0.4, 0.5) is 0 Å². The van der Waals surface area contributed by atoms with Crippen molar-refractivity contribution in [3.63, 3.8) is 0 Å². The van der Waals surface area contributed by atoms with E-state index >= 15 is 0 Å². The summed E-state index contributed by atoms with van der Waals surface area (Å²) in [5, 5.41) is 4.43. The highest BCUT2D eigenvalue weighted by atomic mass is 32.1. The summed E-state index contributed by atoms with van der Waals surface area (Å²) in [5.41, 5.74) is 6.06. The van der Waals surface area contributed by atoms with Crippen LogP contribution in [0.1, 0.15) is 16.9 Å². The second kappa shape index (κ2) is 9.59. The van der Waals surface area contributed by atoms with Gasteiger partial charge in [-0.2, -0.15) is 0 Å². The van der Waals surface area contributed by atoms with Gasteiger partial charge in [0.2, 0.25) is 11.8 Å². The number of hydrazine groups is 1. The maximum Gasteiger partial charge on any atom is 0.250 e. The number of hydrogen-bond donors (Lipinski definition) is 3. The number of amides is 2. The lowest BCUT2D eigenvalue weighted by Crippen LogP contribution is -2.48. The van der Waals surface area contributed by atoms with E-state index in [1.54, 1.807) is 6.08 Å². The molecule has 2 aromatic rings. The van der Waals surface area contributed by atoms with Gasteiger partial charge in [0.25, 0.3) is 0 Å². The molecule has 0 radical (unpaired) electrons. The van der Waals surface area contributed by atoms with E-state index in [-0.39, 0.29) is 16.9 Å². The summed E-state index contributed by atoms with van der Waals surface area (Å²) in [4.78, 5) is 24.4. The molecule has 1 heterocycles. The Morgan fingerprint density at radius 2 is 1.88 bits per heavy atom. The van der Waals surface area contributed by atoms with Crippen LogP contribution in [0.15, 0.2) is 53.9 Å². The zero-order valence-electron chi connectivity index (χ0n) is 12.8. The van der Waals surface area contributed by atoms with E-state index in [9.17, 15) is 9.59 Å². The molecule has 3 N–H and O–H groups in total. The molecule has 24 heavy (non-hydrogen) atoms. The molecule has 0 saturated carbocycles. The number of benzene rings is 1. The van der Waals surface area contributed by atoms with Crippen LogP contribution in [-0.4, -0.2) is 16.9 Å². The number of carbonyl (C=O) groups is 2. The average molecular weight is 359 g/mol. The molecule has 1 aromatic carbocycles. The van der Waals surface area contributed by atoms with Gasteiger partial charge in [0.05, 0.1) is 0 Å². The fourth-order valence-corrected chi connectivity index (χ4v) is 2.59. The van der Waals surface area contributed by atoms with Crippen LogP contribution in [0, 0.1) is 0 Å². The van der Waals surface area contributed by atoms with Crippen molar-refractivity contribution >= 4 is 46.6 Å². The predicted molar refractivity (Wildman–Crippen MR) is 100 cm³/mol. The van der Waals surface area contributed by atoms with Crippen molar-refractivity contribution in [3.05, 3.63) is 64.4 Å². The quantitative estimate of drug-likeness (QED) is 0.436. The van der Waals surface area contributed by atoms with Crippen LogP contribution in [0.5, 0.6) is 0 Å². The molecule has 2 rings (SSSR count). The van der Waals surface area contributed by atoms with Gasteiger partial charge in [0, 0.05) is 17.4 Å². The predicted octanol–water partition coefficient (Wildman–Crippen LogP) is 2.42. The van der Waals surface area contributed by atoms with E-state index in [4.69, 9.17) is 12.2 Å². The number of thiocarbonyl (C=S) groups is 1. The minimum absolute atomic E-state index is 0.0453. The zero-order chi connectivity index (χ0) is 17.2. The van der Waals surface area contributed by atoms with Crippen molar-refractivity contribution in [2.45, 2.75) is 12.8 Å². The van der Waals surface area contributed by atoms with Crippen LogP contribution >= 0.6 is 23.6 Å². The summed E-state index contributed by atoms with van der Waals surface area (Å²) in [6, 6.07) is 13.5. The normalized spacial score (nSPS) is 10.3. The number of nitrogens with one attached hydrogen (secondary N) is 3. The summed E-state index contributed by atoms with van der Waals surface area (Å²) in [6.07, 6.45) is 4.04. The second-order valence-corrected chi connectivity index (χ2v) is 6.21. The molecule has 2 amide bonds. The summed E-state index contributed by atoms with van der Waals surface area (Å²) < 4.78 is 0. The smallest absolute Gasteiger partial charge is 0.250 e. The minimum Gasteiger partial charge on any atom is -0.298 e. The monoisotopic (exact) mass is 359 g/mol. The van der Waals surface area contributed by atoms with Crippen molar-refractivity contribution in [2.24, 2.45) is 0 Å². The molecule has 1 aromatic heterocycles. The third-order valence-electron chi connectivity index (χ3n) is 2.98. The van der Waals surface area contributed by atoms with Gasteiger partial charge in [-0.15, -0.1) is 11.3 Å². The number of aryl methyl sites for hydroxylation is 1. The summed E-state index contributed by atoms with van der Waals surface area (Å²) >= 11 is 6.48. The Balaban J connectivity index is 1.65. The first-order valence-electron chi connectivity index (χ1n) is 7.29. The van der Waals surface area contributed by atoms with E-state index in [1.807, 2.05) is 47.8 Å². The van der Waals surface area contributed by atoms with Crippen LogP contribution in [0.25, 0.3) is 6.08 Å². The van der Waals surface area contributed by atoms with Crippen molar-refractivity contribution in [1.82, 2.24) is 16.2 Å². The van der Waals surface area contributed by atoms with E-state index in [0.29, 0.717) is 12.8 Å². The molecule has 0 fully saturated rings. The largest absolute Gasteiger partial charge is 0.298 e. The Hall–Kier alpha value is -2.51. The van der Waals surface area contributed by atoms with Crippen molar-refractivity contribution in [2.75, 3.05) is 0 Å². The summed E-state index contributed by atoms with van der Waals surface area (Å²) in [6.45, 7) is 0. The van der Waals surface area contributed by atoms with Crippen LogP contribution < -0.4 is 16.2 Å². The van der Waals surface area contributed by atoms with E-state index in [2.05, 4.69) is 16.2 Å². The first kappa shape index (κ1) is 17.8. The topological polar surface area (TPSA) is 70.2 Å². The average Bonchev–Trinajstić information content (AvgIpc) is 3.11. The Labute approximate surface area is 149 Å². The number of carbonyl (C=O) groups excluding carboxylic acids is 2. The van der Waals surface area contributed by atoms with E-state index in [1.165, 1.54) is 17.4 Å². The zero-order valence-corrected chi connectivity index (χ0v) is 14.5. The van der Waals surface area contributed by atoms with Gasteiger partial charge < -0.3 is 0 Å². The molecule has 0 aliphatic carbocycles. The lowest BCUT2D eigenvalue weighted by molar-refractivity contribution is -0.121. The molecule has 0 aliphatic rings. The van der Waals surface area contributed by atoms with Crippen LogP contribution in [0.3, 0.4) is 0 Å². The fraction of sp³-hybridized carbons (Fsp3) is 0.118. The molecule has 0 aliphatic heterocycles. The standard InChI is InChI=1S/C17H17N3O2S2/c21-15(11-9-14-7-4-12-24-14)18-17(23)20-19-16(22)10-8-13-5-2-1-3-6-13/h1-7,9,11-12H,8,10H2,(H,19,22)(H2,18,20,21,23). The molecule has 0 saturated heterocycles. The molecule has 0 spiro atoms. The number of hydrogen-bond acceptors (Lipinski definition) is 4. The molecule has 7 heteroatoms. The van der Waals surface area contributed by atoms with Gasteiger partial charge in [0.1, 0.15) is 0 Å². The Kier molecular flexibility index (Phi) is 7.13. The second-order valence-electron chi connectivity index (χ2n) is 4.83. The first-order chi connectivity index (χ1) is 11.6. The van der Waals surface area contributed by atoms with Gasteiger partial charge in [0.15, 0.2) is 5.11 Å². The lowest BCUT2D eigenvalue weighted by Gasteiger charge is -2.09. The van der Waals surface area contributed by atoms with Gasteiger partial charge in [-0.05, 0) is 41.7 Å². The van der Waals surface area contributed by atoms with Crippen molar-refractivity contribution in [3.8, 4) is 0 Å². The highest BCUT2D eigenvalue weighted by Gasteiger charge is 2.04. The Morgan fingerprint density at radius 1 is 1.08 bits per heavy atom. The highest BCUT2D eigenvalue weighted by Crippen LogP contribution is 2.09. The maximum atomic E-state index is 11.7. The molecule has 0 atom stereocenters. The molecule has 0 unspecified atom stereocenters. The molecule has 0 bridgehead atoms. The van der Waals surface area contributed by atoms with Gasteiger partial charge in [-0.25, -0.2) is 0 Å². The fourth-order valence-electron chi connectivity index (χ4n) is 1.82. The molecule has 5 nitrogen and oxygen atoms in total. The third-order valence-corrected chi connectivity index (χ3v) is 4.02. The molecule has 124 valence electrons. The SMILES string of the molecule is O=C(C=Cc1cccs1)NC(=S)NNC(=O)CCc1ccccc1. The van der Waals surface area contributed by atoms with Crippen molar-refractivity contribution in [1.29, 1.82) is 0 Å². The van der Waals surface area contributed by atoms with E-state index in [0.717, 1.165) is 10.4 Å². The Bertz CT molecular complexity index is 713. The Morgan fingerprint density at radius 3 is 2.58 bits per heavy atom. The minimum atomic E-state index is -0.362. The summed E-state index contributed by atoms with van der Waals surface area (Å²) in [5.74, 6) is -0.566. The van der Waals surface area contributed by atoms with E-state index < -0.39 is 0 Å². The maximum absolute atomic E-state index is 11.7. The first-order valence-corrected chi connectivity index (χ1v) is 8.57. The molecular formula is C17H17N3O2S2. The van der Waals surface area contributed by atoms with Gasteiger partial charge in [-0.3, -0.25) is 25.8 Å². The van der Waals surface area contributed by atoms with Crippen molar-refractivity contribution < 1.29 is 9.59 Å². The number of rotatable bonds is 5. The lowest BCUT2D eigenvalue weighted by atomic mass is 10.1. The summed E-state index contributed by atoms with van der Waals surface area (Å²) in [7, 11) is 0. The van der Waals surface area contributed by atoms with Gasteiger partial charge >= 0.3 is 0 Å². The third kappa shape index (κ3) is 6.72. The highest BCUT2D eigenvalue weighted by molar-refractivity contribution is 7.80. The van der Waals surface area contributed by atoms with Crippen LogP contribution in [-0.2, 0) is 16.0 Å². The van der Waals surface area contributed by atoms with Crippen LogP contribution in [0.2, 0.25) is 0 Å². The van der Waals surface area contributed by atoms with Gasteiger partial charge in [-0.1, -0.05) is 36.4 Å².